The van der Waals surface area contributed by atoms with Crippen LogP contribution in [0.5, 0.6) is 0 Å². The number of imidazole rings is 1. The molecule has 3 aromatic rings. The molecule has 1 atom stereocenters. The van der Waals surface area contributed by atoms with Gasteiger partial charge < -0.3 is 19.3 Å². The molecule has 2 aromatic carbocycles. The first-order valence-electron chi connectivity index (χ1n) is 11.2. The second kappa shape index (κ2) is 8.80. The van der Waals surface area contributed by atoms with Gasteiger partial charge in [0.15, 0.2) is 0 Å². The standard InChI is InChI=1S/C24H29N5O3/c1-26-22-8-3-2-7-21(22)25-23(26)18-5-4-6-19(15-18)28-11-9-27(10-12-28)16-20-17-32-14-13-29(20)24(30)31/h2-8,15,20H,9-14,16-17H2,1H3,(H,30,31). The number of rotatable bonds is 4. The van der Waals surface area contributed by atoms with Crippen molar-refractivity contribution < 1.29 is 14.6 Å². The highest BCUT2D eigenvalue weighted by atomic mass is 16.5. The summed E-state index contributed by atoms with van der Waals surface area (Å²) in [6.45, 7) is 5.76. The van der Waals surface area contributed by atoms with Crippen molar-refractivity contribution in [1.82, 2.24) is 19.4 Å². The highest BCUT2D eigenvalue weighted by Crippen LogP contribution is 2.27. The molecule has 168 valence electrons. The van der Waals surface area contributed by atoms with Gasteiger partial charge in [-0.25, -0.2) is 9.78 Å². The maximum atomic E-state index is 11.5. The monoisotopic (exact) mass is 435 g/mol. The average molecular weight is 436 g/mol. The normalized spacial score (nSPS) is 20.1. The first-order valence-corrected chi connectivity index (χ1v) is 11.2. The summed E-state index contributed by atoms with van der Waals surface area (Å²) in [5, 5.41) is 9.45. The summed E-state index contributed by atoms with van der Waals surface area (Å²) in [5.74, 6) is 0.970. The molecule has 3 heterocycles. The van der Waals surface area contributed by atoms with E-state index in [0.717, 1.165) is 55.1 Å². The molecule has 1 amide bonds. The van der Waals surface area contributed by atoms with E-state index in [-0.39, 0.29) is 6.04 Å². The Balaban J connectivity index is 1.26. The van der Waals surface area contributed by atoms with Gasteiger partial charge in [0.1, 0.15) is 5.82 Å². The number of hydrogen-bond donors (Lipinski definition) is 1. The van der Waals surface area contributed by atoms with Crippen molar-refractivity contribution in [2.75, 3.05) is 57.4 Å². The molecule has 0 aliphatic carbocycles. The van der Waals surface area contributed by atoms with Crippen LogP contribution in [-0.4, -0.2) is 89.1 Å². The molecular weight excluding hydrogens is 406 g/mol. The van der Waals surface area contributed by atoms with Crippen LogP contribution in [0.2, 0.25) is 0 Å². The number of nitrogens with zero attached hydrogens (tertiary/aromatic N) is 5. The minimum Gasteiger partial charge on any atom is -0.465 e. The van der Waals surface area contributed by atoms with Crippen molar-refractivity contribution in [1.29, 1.82) is 0 Å². The summed E-state index contributed by atoms with van der Waals surface area (Å²) in [7, 11) is 2.06. The van der Waals surface area contributed by atoms with Crippen molar-refractivity contribution in [3.8, 4) is 11.4 Å². The number of amides is 1. The van der Waals surface area contributed by atoms with Gasteiger partial charge in [0.05, 0.1) is 30.3 Å². The molecule has 2 saturated heterocycles. The summed E-state index contributed by atoms with van der Waals surface area (Å²) in [5.41, 5.74) is 4.44. The van der Waals surface area contributed by atoms with Gasteiger partial charge in [-0.05, 0) is 24.3 Å². The minimum absolute atomic E-state index is 0.0892. The van der Waals surface area contributed by atoms with Crippen molar-refractivity contribution in [2.24, 2.45) is 7.05 Å². The Morgan fingerprint density at radius 1 is 1.09 bits per heavy atom. The van der Waals surface area contributed by atoms with E-state index in [1.54, 1.807) is 0 Å². The largest absolute Gasteiger partial charge is 0.465 e. The molecule has 0 bridgehead atoms. The van der Waals surface area contributed by atoms with Crippen LogP contribution >= 0.6 is 0 Å². The van der Waals surface area contributed by atoms with Crippen LogP contribution in [0.4, 0.5) is 10.5 Å². The fraction of sp³-hybridized carbons (Fsp3) is 0.417. The van der Waals surface area contributed by atoms with Crippen molar-refractivity contribution in [3.63, 3.8) is 0 Å². The Kier molecular flexibility index (Phi) is 5.71. The van der Waals surface area contributed by atoms with Gasteiger partial charge in [-0.15, -0.1) is 0 Å². The lowest BCUT2D eigenvalue weighted by atomic mass is 10.1. The van der Waals surface area contributed by atoms with Crippen LogP contribution in [0.1, 0.15) is 0 Å². The fourth-order valence-electron chi connectivity index (χ4n) is 4.79. The first-order chi connectivity index (χ1) is 15.6. The summed E-state index contributed by atoms with van der Waals surface area (Å²) in [6, 6.07) is 16.7. The Hall–Kier alpha value is -3.10. The lowest BCUT2D eigenvalue weighted by molar-refractivity contribution is -0.0121. The van der Waals surface area contributed by atoms with Gasteiger partial charge in [0.25, 0.3) is 0 Å². The smallest absolute Gasteiger partial charge is 0.407 e. The van der Waals surface area contributed by atoms with Crippen LogP contribution in [0.15, 0.2) is 48.5 Å². The van der Waals surface area contributed by atoms with Gasteiger partial charge in [-0.2, -0.15) is 0 Å². The third kappa shape index (κ3) is 4.03. The zero-order chi connectivity index (χ0) is 22.1. The number of anilines is 1. The molecule has 2 aliphatic heterocycles. The molecule has 0 radical (unpaired) electrons. The number of aryl methyl sites for hydroxylation is 1. The third-order valence-corrected chi connectivity index (χ3v) is 6.57. The van der Waals surface area contributed by atoms with E-state index in [1.165, 1.54) is 10.6 Å². The topological polar surface area (TPSA) is 74.1 Å². The number of para-hydroxylation sites is 2. The van der Waals surface area contributed by atoms with Gasteiger partial charge >= 0.3 is 6.09 Å². The predicted molar refractivity (Wildman–Crippen MR) is 124 cm³/mol. The first kappa shape index (κ1) is 20.8. The highest BCUT2D eigenvalue weighted by Gasteiger charge is 2.30. The third-order valence-electron chi connectivity index (χ3n) is 6.57. The summed E-state index contributed by atoms with van der Waals surface area (Å²) < 4.78 is 7.68. The maximum absolute atomic E-state index is 11.5. The number of ether oxygens (including phenoxy) is 1. The number of benzene rings is 2. The Bertz CT molecular complexity index is 1110. The Morgan fingerprint density at radius 2 is 1.91 bits per heavy atom. The summed E-state index contributed by atoms with van der Waals surface area (Å²) >= 11 is 0. The van der Waals surface area contributed by atoms with Crippen LogP contribution in [0, 0.1) is 0 Å². The second-order valence-corrected chi connectivity index (χ2v) is 8.53. The molecule has 8 nitrogen and oxygen atoms in total. The molecule has 8 heteroatoms. The molecule has 2 aliphatic rings. The Morgan fingerprint density at radius 3 is 2.69 bits per heavy atom. The van der Waals surface area contributed by atoms with Crippen molar-refractivity contribution in [3.05, 3.63) is 48.5 Å². The number of piperazine rings is 1. The molecule has 5 rings (SSSR count). The van der Waals surface area contributed by atoms with E-state index in [9.17, 15) is 9.90 Å². The molecule has 2 fully saturated rings. The number of morpholine rings is 1. The summed E-state index contributed by atoms with van der Waals surface area (Å²) in [6.07, 6.45) is -0.851. The zero-order valence-corrected chi connectivity index (χ0v) is 18.4. The number of hydrogen-bond acceptors (Lipinski definition) is 5. The summed E-state index contributed by atoms with van der Waals surface area (Å²) in [4.78, 5) is 22.6. The molecule has 0 saturated carbocycles. The van der Waals surface area contributed by atoms with Gasteiger partial charge in [0, 0.05) is 57.6 Å². The van der Waals surface area contributed by atoms with Crippen LogP contribution in [-0.2, 0) is 11.8 Å². The quantitative estimate of drug-likeness (QED) is 0.679. The number of carboxylic acid groups (broad SMARTS) is 1. The number of aromatic nitrogens is 2. The number of carbonyl (C=O) groups is 1. The maximum Gasteiger partial charge on any atom is 0.407 e. The molecule has 0 spiro atoms. The SMILES string of the molecule is Cn1c(-c2cccc(N3CCN(CC4COCCN4C(=O)O)CC3)c2)nc2ccccc21. The zero-order valence-electron chi connectivity index (χ0n) is 18.4. The van der Waals surface area contributed by atoms with E-state index < -0.39 is 6.09 Å². The Labute approximate surface area is 187 Å². The highest BCUT2D eigenvalue weighted by molar-refractivity contribution is 5.81. The molecule has 1 unspecified atom stereocenters. The van der Waals surface area contributed by atoms with E-state index in [4.69, 9.17) is 9.72 Å². The average Bonchev–Trinajstić information content (AvgIpc) is 3.16. The van der Waals surface area contributed by atoms with E-state index in [0.29, 0.717) is 19.8 Å². The van der Waals surface area contributed by atoms with Crippen LogP contribution in [0.25, 0.3) is 22.4 Å². The van der Waals surface area contributed by atoms with Gasteiger partial charge in [-0.3, -0.25) is 9.80 Å². The second-order valence-electron chi connectivity index (χ2n) is 8.53. The lowest BCUT2D eigenvalue weighted by Crippen LogP contribution is -2.56. The molecule has 1 aromatic heterocycles. The fourth-order valence-corrected chi connectivity index (χ4v) is 4.79. The molecular formula is C24H29N5O3. The van der Waals surface area contributed by atoms with Crippen LogP contribution in [0.3, 0.4) is 0 Å². The van der Waals surface area contributed by atoms with Crippen molar-refractivity contribution in [2.45, 2.75) is 6.04 Å². The minimum atomic E-state index is -0.851. The molecule has 1 N–H and O–H groups in total. The lowest BCUT2D eigenvalue weighted by Gasteiger charge is -2.40. The van der Waals surface area contributed by atoms with Crippen LogP contribution < -0.4 is 4.90 Å². The molecule has 32 heavy (non-hydrogen) atoms. The van der Waals surface area contributed by atoms with E-state index in [1.807, 2.05) is 18.2 Å². The van der Waals surface area contributed by atoms with Gasteiger partial charge in [0.2, 0.25) is 0 Å². The number of fused-ring (bicyclic) bond motifs is 1. The van der Waals surface area contributed by atoms with Gasteiger partial charge in [-0.1, -0.05) is 24.3 Å². The van der Waals surface area contributed by atoms with E-state index in [2.05, 4.69) is 51.7 Å². The van der Waals surface area contributed by atoms with Crippen molar-refractivity contribution >= 4 is 22.8 Å². The van der Waals surface area contributed by atoms with E-state index >= 15 is 0 Å². The predicted octanol–water partition coefficient (Wildman–Crippen LogP) is 2.74.